The van der Waals surface area contributed by atoms with Crippen LogP contribution in [-0.2, 0) is 0 Å². The molecule has 0 aliphatic carbocycles. The molecule has 0 N–H and O–H groups in total. The van der Waals surface area contributed by atoms with Crippen molar-refractivity contribution in [3.8, 4) is 33.4 Å². The fourth-order valence-electron chi connectivity index (χ4n) is 6.98. The first-order valence-corrected chi connectivity index (χ1v) is 16.4. The predicted octanol–water partition coefficient (Wildman–Crippen LogP) is 13.2. The zero-order valence-corrected chi connectivity index (χ0v) is 26.3. The van der Waals surface area contributed by atoms with Crippen molar-refractivity contribution < 1.29 is 4.42 Å². The van der Waals surface area contributed by atoms with E-state index in [0.29, 0.717) is 0 Å². The van der Waals surface area contributed by atoms with E-state index < -0.39 is 0 Å². The van der Waals surface area contributed by atoms with Gasteiger partial charge in [-0.2, -0.15) is 0 Å². The van der Waals surface area contributed by atoms with E-state index in [-0.39, 0.29) is 0 Å². The van der Waals surface area contributed by atoms with Gasteiger partial charge >= 0.3 is 0 Å². The molecule has 0 unspecified atom stereocenters. The Balaban J connectivity index is 1.30. The second kappa shape index (κ2) is 11.8. The molecule has 9 rings (SSSR count). The number of fused-ring (bicyclic) bond motifs is 4. The highest BCUT2D eigenvalue weighted by Crippen LogP contribution is 2.48. The summed E-state index contributed by atoms with van der Waals surface area (Å²) in [7, 11) is 0. The number of hydrogen-bond donors (Lipinski definition) is 0. The molecule has 1 aromatic heterocycles. The molecule has 0 fully saturated rings. The van der Waals surface area contributed by atoms with Crippen LogP contribution in [-0.4, -0.2) is 0 Å². The van der Waals surface area contributed by atoms with Crippen molar-refractivity contribution in [1.29, 1.82) is 0 Å². The summed E-state index contributed by atoms with van der Waals surface area (Å²) in [5.74, 6) is 0. The van der Waals surface area contributed by atoms with Gasteiger partial charge in [-0.1, -0.05) is 140 Å². The van der Waals surface area contributed by atoms with Crippen LogP contribution in [0.1, 0.15) is 0 Å². The van der Waals surface area contributed by atoms with Crippen LogP contribution >= 0.6 is 0 Å². The summed E-state index contributed by atoms with van der Waals surface area (Å²) >= 11 is 0. The normalized spacial score (nSPS) is 11.3. The molecule has 0 bridgehead atoms. The molecule has 9 aromatic rings. The molecule has 0 atom stereocenters. The van der Waals surface area contributed by atoms with Gasteiger partial charge in [0.15, 0.2) is 0 Å². The van der Waals surface area contributed by atoms with Crippen LogP contribution in [0.3, 0.4) is 0 Å². The average molecular weight is 614 g/mol. The van der Waals surface area contributed by atoms with Crippen molar-refractivity contribution in [3.63, 3.8) is 0 Å². The van der Waals surface area contributed by atoms with Gasteiger partial charge in [-0.05, 0) is 81.6 Å². The van der Waals surface area contributed by atoms with E-state index in [9.17, 15) is 0 Å². The highest BCUT2D eigenvalue weighted by molar-refractivity contribution is 6.17. The Hall–Kier alpha value is -6.38. The zero-order chi connectivity index (χ0) is 31.9. The summed E-state index contributed by atoms with van der Waals surface area (Å²) < 4.78 is 6.77. The lowest BCUT2D eigenvalue weighted by Crippen LogP contribution is -2.11. The lowest BCUT2D eigenvalue weighted by molar-refractivity contribution is 0.670. The van der Waals surface area contributed by atoms with Crippen molar-refractivity contribution in [1.82, 2.24) is 0 Å². The monoisotopic (exact) mass is 613 g/mol. The zero-order valence-electron chi connectivity index (χ0n) is 26.3. The Kier molecular flexibility index (Phi) is 6.84. The van der Waals surface area contributed by atoms with Crippen LogP contribution in [0.5, 0.6) is 0 Å². The van der Waals surface area contributed by atoms with Crippen LogP contribution < -0.4 is 4.90 Å². The summed E-state index contributed by atoms with van der Waals surface area (Å²) in [4.78, 5) is 2.39. The molecule has 2 heteroatoms. The maximum atomic E-state index is 6.77. The average Bonchev–Trinajstić information content (AvgIpc) is 3.56. The van der Waals surface area contributed by atoms with Crippen molar-refractivity contribution >= 4 is 49.8 Å². The minimum Gasteiger partial charge on any atom is -0.455 e. The standard InChI is InChI=1S/C46H31NO/c1-3-14-32(15-4-1)35-18-13-19-36(30-35)39-22-9-11-24-42(39)47(38-20-5-2-6-21-38)43-29-28-40(37-27-26-33-16-7-8-17-34(33)31-37)46-45(43)41-23-10-12-25-44(41)48-46/h1-31H. The number of rotatable bonds is 6. The minimum absolute atomic E-state index is 0.874. The molecule has 48 heavy (non-hydrogen) atoms. The lowest BCUT2D eigenvalue weighted by Gasteiger charge is -2.29. The van der Waals surface area contributed by atoms with Crippen molar-refractivity contribution in [2.24, 2.45) is 0 Å². The van der Waals surface area contributed by atoms with E-state index in [1.807, 2.05) is 6.07 Å². The first-order chi connectivity index (χ1) is 23.8. The molecule has 0 saturated carbocycles. The maximum absolute atomic E-state index is 6.77. The molecular formula is C46H31NO. The SMILES string of the molecule is c1ccc(-c2cccc(-c3ccccc3N(c3ccccc3)c3ccc(-c4ccc5ccccc5c4)c4oc5ccccc5c34)c2)cc1. The van der Waals surface area contributed by atoms with Crippen molar-refractivity contribution in [2.45, 2.75) is 0 Å². The third kappa shape index (κ3) is 4.83. The van der Waals surface area contributed by atoms with E-state index in [0.717, 1.165) is 61.3 Å². The Morgan fingerprint density at radius 3 is 1.92 bits per heavy atom. The highest BCUT2D eigenvalue weighted by Gasteiger charge is 2.24. The largest absolute Gasteiger partial charge is 0.455 e. The van der Waals surface area contributed by atoms with Gasteiger partial charge in [-0.15, -0.1) is 0 Å². The Morgan fingerprint density at radius 1 is 0.375 bits per heavy atom. The first kappa shape index (κ1) is 27.9. The van der Waals surface area contributed by atoms with E-state index in [2.05, 4.69) is 187 Å². The number of hydrogen-bond acceptors (Lipinski definition) is 2. The second-order valence-electron chi connectivity index (χ2n) is 12.1. The molecule has 1 heterocycles. The molecule has 0 radical (unpaired) electrons. The molecule has 226 valence electrons. The van der Waals surface area contributed by atoms with Gasteiger partial charge in [-0.25, -0.2) is 0 Å². The molecule has 8 aromatic carbocycles. The van der Waals surface area contributed by atoms with E-state index in [1.54, 1.807) is 0 Å². The van der Waals surface area contributed by atoms with Gasteiger partial charge in [0.1, 0.15) is 11.2 Å². The van der Waals surface area contributed by atoms with Gasteiger partial charge in [0.25, 0.3) is 0 Å². The van der Waals surface area contributed by atoms with Crippen LogP contribution in [0.2, 0.25) is 0 Å². The van der Waals surface area contributed by atoms with Gasteiger partial charge < -0.3 is 9.32 Å². The van der Waals surface area contributed by atoms with Gasteiger partial charge in [0.2, 0.25) is 0 Å². The van der Waals surface area contributed by atoms with Crippen LogP contribution in [0.25, 0.3) is 66.1 Å². The lowest BCUT2D eigenvalue weighted by atomic mass is 9.96. The van der Waals surface area contributed by atoms with E-state index in [1.165, 1.54) is 21.9 Å². The Morgan fingerprint density at radius 2 is 1.04 bits per heavy atom. The van der Waals surface area contributed by atoms with Gasteiger partial charge in [-0.3, -0.25) is 0 Å². The number of anilines is 3. The molecule has 0 saturated heterocycles. The third-order valence-corrected chi connectivity index (χ3v) is 9.25. The van der Waals surface area contributed by atoms with Gasteiger partial charge in [0, 0.05) is 22.2 Å². The summed E-state index contributed by atoms with van der Waals surface area (Å²) in [6.45, 7) is 0. The molecule has 0 amide bonds. The smallest absolute Gasteiger partial charge is 0.145 e. The number of furan rings is 1. The fourth-order valence-corrected chi connectivity index (χ4v) is 6.98. The first-order valence-electron chi connectivity index (χ1n) is 16.4. The summed E-state index contributed by atoms with van der Waals surface area (Å²) in [6.07, 6.45) is 0. The topological polar surface area (TPSA) is 16.4 Å². The summed E-state index contributed by atoms with van der Waals surface area (Å²) in [6, 6.07) is 66.8. The molecular weight excluding hydrogens is 583 g/mol. The van der Waals surface area contributed by atoms with Crippen LogP contribution in [0.15, 0.2) is 192 Å². The van der Waals surface area contributed by atoms with Crippen molar-refractivity contribution in [2.75, 3.05) is 4.90 Å². The van der Waals surface area contributed by atoms with E-state index in [4.69, 9.17) is 4.42 Å². The van der Waals surface area contributed by atoms with Crippen LogP contribution in [0.4, 0.5) is 17.1 Å². The quantitative estimate of drug-likeness (QED) is 0.185. The summed E-state index contributed by atoms with van der Waals surface area (Å²) in [5, 5.41) is 4.62. The number of para-hydroxylation sites is 3. The Bertz CT molecular complexity index is 2560. The molecule has 0 aliphatic rings. The Labute approximate surface area is 279 Å². The number of benzene rings is 8. The maximum Gasteiger partial charge on any atom is 0.145 e. The molecule has 2 nitrogen and oxygen atoms in total. The van der Waals surface area contributed by atoms with Crippen molar-refractivity contribution in [3.05, 3.63) is 188 Å². The summed E-state index contributed by atoms with van der Waals surface area (Å²) in [5.41, 5.74) is 11.9. The van der Waals surface area contributed by atoms with Crippen LogP contribution in [0, 0.1) is 0 Å². The highest BCUT2D eigenvalue weighted by atomic mass is 16.3. The fraction of sp³-hybridized carbons (Fsp3) is 0. The molecule has 0 aliphatic heterocycles. The minimum atomic E-state index is 0.874. The second-order valence-corrected chi connectivity index (χ2v) is 12.1. The predicted molar refractivity (Wildman–Crippen MR) is 202 cm³/mol. The van der Waals surface area contributed by atoms with E-state index >= 15 is 0 Å². The molecule has 0 spiro atoms. The third-order valence-electron chi connectivity index (χ3n) is 9.25. The number of nitrogens with zero attached hydrogens (tertiary/aromatic N) is 1. The van der Waals surface area contributed by atoms with Gasteiger partial charge in [0.05, 0.1) is 16.8 Å².